The standard InChI is InChI=1S/C18H26O4/c1-14(8-7-11-17(19)21-3)18(20)15(2)12-22-13-16-9-5-4-6-10-16/h4-10,14-15,18,20H,11-13H2,1-3H3/b8-7+/t14-,15+,18-/m0/s1. The van der Waals surface area contributed by atoms with E-state index in [1.807, 2.05) is 50.3 Å². The van der Waals surface area contributed by atoms with Gasteiger partial charge in [-0.15, -0.1) is 0 Å². The van der Waals surface area contributed by atoms with E-state index in [1.54, 1.807) is 6.08 Å². The van der Waals surface area contributed by atoms with Crippen molar-refractivity contribution < 1.29 is 19.4 Å². The molecule has 0 bridgehead atoms. The van der Waals surface area contributed by atoms with Gasteiger partial charge in [0, 0.05) is 11.8 Å². The van der Waals surface area contributed by atoms with Crippen molar-refractivity contribution in [2.24, 2.45) is 11.8 Å². The molecule has 0 aromatic heterocycles. The Balaban J connectivity index is 2.31. The molecule has 0 saturated heterocycles. The van der Waals surface area contributed by atoms with E-state index in [-0.39, 0.29) is 24.2 Å². The summed E-state index contributed by atoms with van der Waals surface area (Å²) >= 11 is 0. The predicted molar refractivity (Wildman–Crippen MR) is 86.2 cm³/mol. The molecular weight excluding hydrogens is 280 g/mol. The lowest BCUT2D eigenvalue weighted by Crippen LogP contribution is -2.27. The molecule has 0 aliphatic carbocycles. The van der Waals surface area contributed by atoms with E-state index in [0.717, 1.165) is 5.56 Å². The molecule has 1 rings (SSSR count). The maximum absolute atomic E-state index is 11.0. The van der Waals surface area contributed by atoms with E-state index < -0.39 is 6.10 Å². The summed E-state index contributed by atoms with van der Waals surface area (Å²) in [6, 6.07) is 9.95. The highest BCUT2D eigenvalue weighted by Gasteiger charge is 2.19. The summed E-state index contributed by atoms with van der Waals surface area (Å²) in [5.41, 5.74) is 1.12. The lowest BCUT2D eigenvalue weighted by molar-refractivity contribution is -0.139. The topological polar surface area (TPSA) is 55.8 Å². The Bertz CT molecular complexity index is 455. The molecule has 1 N–H and O–H groups in total. The van der Waals surface area contributed by atoms with Crippen molar-refractivity contribution in [2.45, 2.75) is 33.0 Å². The number of carbonyl (C=O) groups is 1. The summed E-state index contributed by atoms with van der Waals surface area (Å²) in [6.07, 6.45) is 3.29. The van der Waals surface area contributed by atoms with Crippen molar-refractivity contribution in [3.8, 4) is 0 Å². The van der Waals surface area contributed by atoms with E-state index in [9.17, 15) is 9.90 Å². The lowest BCUT2D eigenvalue weighted by Gasteiger charge is -2.22. The van der Waals surface area contributed by atoms with Gasteiger partial charge in [-0.25, -0.2) is 0 Å². The van der Waals surface area contributed by atoms with Crippen LogP contribution in [0.2, 0.25) is 0 Å². The summed E-state index contributed by atoms with van der Waals surface area (Å²) in [5.74, 6) is -0.307. The number of aliphatic hydroxyl groups is 1. The summed E-state index contributed by atoms with van der Waals surface area (Å²) in [5, 5.41) is 10.3. The second-order valence-corrected chi connectivity index (χ2v) is 5.54. The highest BCUT2D eigenvalue weighted by atomic mass is 16.5. The fourth-order valence-electron chi connectivity index (χ4n) is 2.13. The molecule has 1 aromatic carbocycles. The summed E-state index contributed by atoms with van der Waals surface area (Å²) in [4.78, 5) is 11.0. The van der Waals surface area contributed by atoms with E-state index in [1.165, 1.54) is 7.11 Å². The highest BCUT2D eigenvalue weighted by molar-refractivity contribution is 5.70. The Morgan fingerprint density at radius 3 is 2.59 bits per heavy atom. The smallest absolute Gasteiger partial charge is 0.309 e. The number of hydrogen-bond acceptors (Lipinski definition) is 4. The van der Waals surface area contributed by atoms with Crippen LogP contribution in [-0.2, 0) is 20.9 Å². The third kappa shape index (κ3) is 6.87. The van der Waals surface area contributed by atoms with Crippen LogP contribution in [-0.4, -0.2) is 30.9 Å². The van der Waals surface area contributed by atoms with Crippen LogP contribution in [0.3, 0.4) is 0 Å². The molecule has 122 valence electrons. The van der Waals surface area contributed by atoms with Crippen molar-refractivity contribution in [3.63, 3.8) is 0 Å². The van der Waals surface area contributed by atoms with E-state index in [2.05, 4.69) is 4.74 Å². The molecule has 0 heterocycles. The van der Waals surface area contributed by atoms with Gasteiger partial charge >= 0.3 is 5.97 Å². The number of benzene rings is 1. The average molecular weight is 306 g/mol. The second-order valence-electron chi connectivity index (χ2n) is 5.54. The minimum absolute atomic E-state index is 0.0153. The van der Waals surface area contributed by atoms with Crippen LogP contribution >= 0.6 is 0 Å². The number of esters is 1. The molecule has 0 aliphatic rings. The van der Waals surface area contributed by atoms with E-state index in [4.69, 9.17) is 4.74 Å². The minimum atomic E-state index is -0.510. The van der Waals surface area contributed by atoms with Crippen LogP contribution in [0.4, 0.5) is 0 Å². The van der Waals surface area contributed by atoms with Gasteiger partial charge in [0.2, 0.25) is 0 Å². The maximum Gasteiger partial charge on any atom is 0.309 e. The van der Waals surface area contributed by atoms with Crippen molar-refractivity contribution in [2.75, 3.05) is 13.7 Å². The van der Waals surface area contributed by atoms with Gasteiger partial charge in [0.25, 0.3) is 0 Å². The fraction of sp³-hybridized carbons (Fsp3) is 0.500. The SMILES string of the molecule is COC(=O)C/C=C/[C@H](C)[C@H](O)[C@H](C)COCc1ccccc1. The van der Waals surface area contributed by atoms with Crippen molar-refractivity contribution in [1.29, 1.82) is 0 Å². The lowest BCUT2D eigenvalue weighted by atomic mass is 9.93. The zero-order chi connectivity index (χ0) is 16.4. The Morgan fingerprint density at radius 1 is 1.27 bits per heavy atom. The van der Waals surface area contributed by atoms with Crippen molar-refractivity contribution in [3.05, 3.63) is 48.0 Å². The highest BCUT2D eigenvalue weighted by Crippen LogP contribution is 2.16. The van der Waals surface area contributed by atoms with Crippen molar-refractivity contribution in [1.82, 2.24) is 0 Å². The first kappa shape index (κ1) is 18.4. The van der Waals surface area contributed by atoms with Crippen molar-refractivity contribution >= 4 is 5.97 Å². The van der Waals surface area contributed by atoms with E-state index >= 15 is 0 Å². The molecule has 4 nitrogen and oxygen atoms in total. The Hall–Kier alpha value is -1.65. The molecule has 22 heavy (non-hydrogen) atoms. The fourth-order valence-corrected chi connectivity index (χ4v) is 2.13. The minimum Gasteiger partial charge on any atom is -0.469 e. The molecule has 0 amide bonds. The van der Waals surface area contributed by atoms with Gasteiger partial charge in [0.05, 0.1) is 32.8 Å². The van der Waals surface area contributed by atoms with E-state index in [0.29, 0.717) is 13.2 Å². The normalized spacial score (nSPS) is 15.5. The largest absolute Gasteiger partial charge is 0.469 e. The number of methoxy groups -OCH3 is 1. The maximum atomic E-state index is 11.0. The molecule has 0 unspecified atom stereocenters. The van der Waals surface area contributed by atoms with Gasteiger partial charge in [-0.05, 0) is 5.56 Å². The first-order chi connectivity index (χ1) is 10.5. The second kappa shape index (κ2) is 10.1. The molecule has 3 atom stereocenters. The van der Waals surface area contributed by atoms with Crippen LogP contribution < -0.4 is 0 Å². The first-order valence-corrected chi connectivity index (χ1v) is 7.57. The molecule has 0 aliphatic heterocycles. The number of aliphatic hydroxyl groups excluding tert-OH is 1. The van der Waals surface area contributed by atoms with Gasteiger partial charge in [-0.2, -0.15) is 0 Å². The van der Waals surface area contributed by atoms with Crippen LogP contribution in [0.5, 0.6) is 0 Å². The zero-order valence-electron chi connectivity index (χ0n) is 13.6. The molecule has 1 aromatic rings. The van der Waals surface area contributed by atoms with Crippen LogP contribution in [0, 0.1) is 11.8 Å². The van der Waals surface area contributed by atoms with Gasteiger partial charge in [-0.3, -0.25) is 4.79 Å². The van der Waals surface area contributed by atoms with Crippen LogP contribution in [0.25, 0.3) is 0 Å². The van der Waals surface area contributed by atoms with Gasteiger partial charge in [0.15, 0.2) is 0 Å². The van der Waals surface area contributed by atoms with Crippen LogP contribution in [0.1, 0.15) is 25.8 Å². The third-order valence-corrected chi connectivity index (χ3v) is 3.57. The molecular formula is C18H26O4. The summed E-state index contributed by atoms with van der Waals surface area (Å²) in [7, 11) is 1.36. The average Bonchev–Trinajstić information content (AvgIpc) is 2.54. The molecule has 0 saturated carbocycles. The van der Waals surface area contributed by atoms with Crippen LogP contribution in [0.15, 0.2) is 42.5 Å². The molecule has 0 spiro atoms. The monoisotopic (exact) mass is 306 g/mol. The number of ether oxygens (including phenoxy) is 2. The summed E-state index contributed by atoms with van der Waals surface area (Å²) < 4.78 is 10.2. The first-order valence-electron chi connectivity index (χ1n) is 7.57. The Labute approximate surface area is 132 Å². The number of rotatable bonds is 9. The Morgan fingerprint density at radius 2 is 1.95 bits per heavy atom. The van der Waals surface area contributed by atoms with Gasteiger partial charge < -0.3 is 14.6 Å². The molecule has 4 heteroatoms. The molecule has 0 fully saturated rings. The quantitative estimate of drug-likeness (QED) is 0.563. The third-order valence-electron chi connectivity index (χ3n) is 3.57. The summed E-state index contributed by atoms with van der Waals surface area (Å²) in [6.45, 7) is 4.92. The molecule has 0 radical (unpaired) electrons. The Kier molecular flexibility index (Phi) is 8.48. The zero-order valence-corrected chi connectivity index (χ0v) is 13.6. The number of hydrogen-bond donors (Lipinski definition) is 1. The number of carbonyl (C=O) groups excluding carboxylic acids is 1. The van der Waals surface area contributed by atoms with Gasteiger partial charge in [0.1, 0.15) is 0 Å². The predicted octanol–water partition coefficient (Wildman–Crippen LogP) is 2.96. The van der Waals surface area contributed by atoms with Gasteiger partial charge in [-0.1, -0.05) is 56.3 Å².